The molecule has 0 bridgehead atoms. The van der Waals surface area contributed by atoms with Crippen LogP contribution in [-0.4, -0.2) is 16.9 Å². The van der Waals surface area contributed by atoms with Gasteiger partial charge in [0.1, 0.15) is 0 Å². The molecule has 0 radical (unpaired) electrons. The molecule has 0 aromatic carbocycles. The van der Waals surface area contributed by atoms with Gasteiger partial charge in [0, 0.05) is 18.4 Å². The van der Waals surface area contributed by atoms with Crippen LogP contribution in [0.2, 0.25) is 5.02 Å². The van der Waals surface area contributed by atoms with E-state index >= 15 is 0 Å². The fourth-order valence-corrected chi connectivity index (χ4v) is 3.35. The first-order chi connectivity index (χ1) is 9.49. The van der Waals surface area contributed by atoms with E-state index in [1.165, 1.54) is 19.0 Å². The van der Waals surface area contributed by atoms with E-state index < -0.39 is 0 Å². The van der Waals surface area contributed by atoms with Crippen molar-refractivity contribution in [3.05, 3.63) is 29.0 Å². The van der Waals surface area contributed by atoms with Crippen LogP contribution in [0.5, 0.6) is 0 Å². The molecule has 110 valence electrons. The van der Waals surface area contributed by atoms with Gasteiger partial charge in [0.25, 0.3) is 5.91 Å². The summed E-state index contributed by atoms with van der Waals surface area (Å²) in [6, 6.07) is 1.89. The van der Waals surface area contributed by atoms with Crippen molar-refractivity contribution in [2.45, 2.75) is 46.1 Å². The molecule has 2 rings (SSSR count). The van der Waals surface area contributed by atoms with Crippen LogP contribution in [0, 0.1) is 17.8 Å². The van der Waals surface area contributed by atoms with Crippen molar-refractivity contribution in [1.82, 2.24) is 10.3 Å². The summed E-state index contributed by atoms with van der Waals surface area (Å²) in [4.78, 5) is 16.4. The van der Waals surface area contributed by atoms with Crippen molar-refractivity contribution >= 4 is 17.5 Å². The molecule has 1 aromatic heterocycles. The van der Waals surface area contributed by atoms with Gasteiger partial charge < -0.3 is 5.32 Å². The summed E-state index contributed by atoms with van der Waals surface area (Å²) in [5.74, 6) is 1.69. The second-order valence-corrected chi connectivity index (χ2v) is 6.67. The van der Waals surface area contributed by atoms with Gasteiger partial charge >= 0.3 is 0 Å². The van der Waals surface area contributed by atoms with E-state index in [2.05, 4.69) is 31.1 Å². The lowest BCUT2D eigenvalue weighted by Crippen LogP contribution is -2.45. The maximum atomic E-state index is 12.4. The maximum Gasteiger partial charge on any atom is 0.254 e. The Labute approximate surface area is 126 Å². The number of pyridine rings is 1. The number of hydrogen-bond acceptors (Lipinski definition) is 2. The molecule has 0 spiro atoms. The number of nitrogens with zero attached hydrogens (tertiary/aromatic N) is 1. The molecule has 1 aromatic rings. The quantitative estimate of drug-likeness (QED) is 0.918. The molecule has 1 fully saturated rings. The predicted molar refractivity (Wildman–Crippen MR) is 81.8 cm³/mol. The third-order valence-electron chi connectivity index (χ3n) is 4.35. The molecule has 3 unspecified atom stereocenters. The molecular formula is C16H23ClN2O. The van der Waals surface area contributed by atoms with Crippen molar-refractivity contribution in [3.63, 3.8) is 0 Å². The average molecular weight is 295 g/mol. The number of nitrogens with one attached hydrogen (secondary N) is 1. The molecule has 4 heteroatoms. The molecule has 1 amide bonds. The fraction of sp³-hybridized carbons (Fsp3) is 0.625. The largest absolute Gasteiger partial charge is 0.349 e. The molecule has 0 saturated heterocycles. The van der Waals surface area contributed by atoms with Crippen LogP contribution in [0.1, 0.15) is 50.4 Å². The van der Waals surface area contributed by atoms with Gasteiger partial charge in [-0.15, -0.1) is 0 Å². The molecule has 1 aliphatic carbocycles. The second-order valence-electron chi connectivity index (χ2n) is 6.26. The highest BCUT2D eigenvalue weighted by molar-refractivity contribution is 6.33. The topological polar surface area (TPSA) is 42.0 Å². The number of amides is 1. The van der Waals surface area contributed by atoms with Gasteiger partial charge in [-0.1, -0.05) is 38.8 Å². The summed E-state index contributed by atoms with van der Waals surface area (Å²) in [6.07, 6.45) is 6.62. The third-order valence-corrected chi connectivity index (χ3v) is 4.68. The smallest absolute Gasteiger partial charge is 0.254 e. The lowest BCUT2D eigenvalue weighted by molar-refractivity contribution is 0.0867. The van der Waals surface area contributed by atoms with Gasteiger partial charge in [-0.3, -0.25) is 9.78 Å². The van der Waals surface area contributed by atoms with Gasteiger partial charge in [0.05, 0.1) is 10.6 Å². The Hall–Kier alpha value is -1.09. The van der Waals surface area contributed by atoms with Crippen molar-refractivity contribution in [3.8, 4) is 0 Å². The minimum Gasteiger partial charge on any atom is -0.349 e. The van der Waals surface area contributed by atoms with Crippen LogP contribution in [0.25, 0.3) is 0 Å². The maximum absolute atomic E-state index is 12.4. The number of hydrogen-bond donors (Lipinski definition) is 1. The number of carbonyl (C=O) groups excluding carboxylic acids is 1. The van der Waals surface area contributed by atoms with Crippen LogP contribution < -0.4 is 5.32 Å². The van der Waals surface area contributed by atoms with E-state index in [9.17, 15) is 4.79 Å². The summed E-state index contributed by atoms with van der Waals surface area (Å²) < 4.78 is 0. The van der Waals surface area contributed by atoms with Crippen molar-refractivity contribution in [1.29, 1.82) is 0 Å². The van der Waals surface area contributed by atoms with Crippen LogP contribution in [-0.2, 0) is 0 Å². The number of rotatable bonds is 3. The first kappa shape index (κ1) is 15.3. The molecule has 1 aliphatic rings. The van der Waals surface area contributed by atoms with E-state index in [1.807, 2.05) is 0 Å². The Morgan fingerprint density at radius 1 is 1.45 bits per heavy atom. The number of carbonyl (C=O) groups is 1. The van der Waals surface area contributed by atoms with Crippen molar-refractivity contribution in [2.24, 2.45) is 17.8 Å². The summed E-state index contributed by atoms with van der Waals surface area (Å²) in [7, 11) is 0. The van der Waals surface area contributed by atoms with Crippen LogP contribution in [0.3, 0.4) is 0 Å². The molecule has 3 atom stereocenters. The lowest BCUT2D eigenvalue weighted by Gasteiger charge is -2.37. The van der Waals surface area contributed by atoms with Gasteiger partial charge in [-0.2, -0.15) is 0 Å². The van der Waals surface area contributed by atoms with E-state index in [-0.39, 0.29) is 11.9 Å². The first-order valence-electron chi connectivity index (χ1n) is 7.39. The monoisotopic (exact) mass is 294 g/mol. The lowest BCUT2D eigenvalue weighted by atomic mass is 9.74. The zero-order chi connectivity index (χ0) is 14.7. The highest BCUT2D eigenvalue weighted by Gasteiger charge is 2.32. The predicted octanol–water partition coefficient (Wildman–Crippen LogP) is 3.93. The minimum atomic E-state index is -0.104. The Morgan fingerprint density at radius 3 is 2.85 bits per heavy atom. The van der Waals surface area contributed by atoms with Gasteiger partial charge in [0.2, 0.25) is 0 Å². The first-order valence-corrected chi connectivity index (χ1v) is 7.77. The highest BCUT2D eigenvalue weighted by Crippen LogP contribution is 2.33. The second kappa shape index (κ2) is 6.57. The zero-order valence-corrected chi connectivity index (χ0v) is 13.2. The normalized spacial score (nSPS) is 26.6. The Morgan fingerprint density at radius 2 is 2.20 bits per heavy atom. The van der Waals surface area contributed by atoms with E-state index in [0.29, 0.717) is 28.3 Å². The fourth-order valence-electron chi connectivity index (χ4n) is 3.16. The number of halogens is 1. The Bertz CT molecular complexity index is 475. The van der Waals surface area contributed by atoms with E-state index in [4.69, 9.17) is 11.6 Å². The Kier molecular flexibility index (Phi) is 5.03. The standard InChI is InChI=1S/C16H23ClN2O/c1-10(2)12-5-4-11(3)8-15(12)19-16(20)13-9-18-7-6-14(13)17/h6-7,9-12,15H,4-5,8H2,1-3H3,(H,19,20). The average Bonchev–Trinajstić information content (AvgIpc) is 2.38. The van der Waals surface area contributed by atoms with E-state index in [1.54, 1.807) is 12.3 Å². The summed E-state index contributed by atoms with van der Waals surface area (Å²) >= 11 is 6.06. The van der Waals surface area contributed by atoms with Gasteiger partial charge in [-0.25, -0.2) is 0 Å². The van der Waals surface area contributed by atoms with Crippen LogP contribution >= 0.6 is 11.6 Å². The molecule has 1 heterocycles. The van der Waals surface area contributed by atoms with E-state index in [0.717, 1.165) is 6.42 Å². The van der Waals surface area contributed by atoms with Crippen molar-refractivity contribution in [2.75, 3.05) is 0 Å². The molecular weight excluding hydrogens is 272 g/mol. The number of aromatic nitrogens is 1. The molecule has 20 heavy (non-hydrogen) atoms. The molecule has 3 nitrogen and oxygen atoms in total. The van der Waals surface area contributed by atoms with Gasteiger partial charge in [0.15, 0.2) is 0 Å². The summed E-state index contributed by atoms with van der Waals surface area (Å²) in [5.41, 5.74) is 0.467. The summed E-state index contributed by atoms with van der Waals surface area (Å²) in [5, 5.41) is 3.64. The Balaban J connectivity index is 2.10. The van der Waals surface area contributed by atoms with Crippen LogP contribution in [0.15, 0.2) is 18.5 Å². The minimum absolute atomic E-state index is 0.104. The zero-order valence-electron chi connectivity index (χ0n) is 12.4. The molecule has 0 aliphatic heterocycles. The SMILES string of the molecule is CC1CCC(C(C)C)C(NC(=O)c2cnccc2Cl)C1. The van der Waals surface area contributed by atoms with Gasteiger partial charge in [-0.05, 0) is 36.7 Å². The summed E-state index contributed by atoms with van der Waals surface area (Å²) in [6.45, 7) is 6.72. The molecule has 1 saturated carbocycles. The highest BCUT2D eigenvalue weighted by atomic mass is 35.5. The molecule has 1 N–H and O–H groups in total. The van der Waals surface area contributed by atoms with Crippen molar-refractivity contribution < 1.29 is 4.79 Å². The van der Waals surface area contributed by atoms with Crippen LogP contribution in [0.4, 0.5) is 0 Å². The third kappa shape index (κ3) is 3.51.